The van der Waals surface area contributed by atoms with Crippen molar-refractivity contribution in [2.45, 2.75) is 0 Å². The van der Waals surface area contributed by atoms with E-state index in [0.717, 1.165) is 55.4 Å². The summed E-state index contributed by atoms with van der Waals surface area (Å²) in [6.07, 6.45) is 0. The second kappa shape index (κ2) is 13.7. The molecule has 0 bridgehead atoms. The van der Waals surface area contributed by atoms with Gasteiger partial charge in [-0.25, -0.2) is 15.0 Å². The van der Waals surface area contributed by atoms with Crippen LogP contribution in [0.2, 0.25) is 0 Å². The van der Waals surface area contributed by atoms with E-state index in [2.05, 4.69) is 152 Å². The Labute approximate surface area is 345 Å². The lowest BCUT2D eigenvalue weighted by Crippen LogP contribution is -2.49. The molecule has 266 valence electrons. The molecular weight excluding hydrogens is 699 g/mol. The third-order valence-corrected chi connectivity index (χ3v) is 12.9. The Morgan fingerprint density at radius 1 is 0.362 bits per heavy atom. The monoisotopic (exact) mass is 736 g/mol. The van der Waals surface area contributed by atoms with E-state index in [0.29, 0.717) is 17.5 Å². The van der Waals surface area contributed by atoms with Gasteiger partial charge in [0.05, 0.1) is 0 Å². The van der Waals surface area contributed by atoms with Gasteiger partial charge in [0, 0.05) is 44.2 Å². The Bertz CT molecular complexity index is 3250. The van der Waals surface area contributed by atoms with Crippen molar-refractivity contribution in [2.75, 3.05) is 0 Å². The smallest absolute Gasteiger partial charge is 0.164 e. The van der Waals surface area contributed by atoms with Crippen molar-refractivity contribution >= 4 is 150 Å². The van der Waals surface area contributed by atoms with Gasteiger partial charge < -0.3 is 8.98 Å². The molecule has 0 aliphatic rings. The molecule has 10 aromatic rings. The van der Waals surface area contributed by atoms with Gasteiger partial charge in [0.25, 0.3) is 0 Å². The van der Waals surface area contributed by atoms with Crippen LogP contribution in [0.25, 0.3) is 94.7 Å². The lowest BCUT2D eigenvalue weighted by molar-refractivity contribution is 0.669. The van der Waals surface area contributed by atoms with Gasteiger partial charge in [0.15, 0.2) is 17.5 Å². The number of nitrogens with zero attached hydrogens (tertiary/aromatic N) is 4. The number of furan rings is 1. The Morgan fingerprint density at radius 3 is 1.47 bits per heavy atom. The molecule has 3 heterocycles. The molecule has 0 fully saturated rings. The van der Waals surface area contributed by atoms with E-state index >= 15 is 0 Å². The second-order valence-corrected chi connectivity index (χ2v) is 15.9. The molecule has 0 amide bonds. The fourth-order valence-electron chi connectivity index (χ4n) is 8.99. The molecule has 0 spiro atoms. The van der Waals surface area contributed by atoms with Crippen molar-refractivity contribution in [2.24, 2.45) is 0 Å². The first-order chi connectivity index (χ1) is 28.1. The number of hydrogen-bond acceptors (Lipinski definition) is 4. The van der Waals surface area contributed by atoms with E-state index in [1.807, 2.05) is 36.4 Å². The Morgan fingerprint density at radius 2 is 0.862 bits per heavy atom. The molecular formula is C45H36B8N4O. The standard InChI is InChI=1S/C45H36B8N4O/c46-33-31-32-34(47)36(49)38(51)40(53)42(32)57(41(31)39(52)37(50)35(33)48)26-15-17-29-28(20-26)27-16-14-25(19-30(27)58-29)45-55-43(22-10-5-2-6-11-22)54-44(56-45)24-13-7-12-23(18-24)21-8-3-1-4-9-21/h1-20H,46-53H2. The van der Waals surface area contributed by atoms with Crippen LogP contribution in [-0.2, 0) is 0 Å². The van der Waals surface area contributed by atoms with Gasteiger partial charge >= 0.3 is 0 Å². The highest BCUT2D eigenvalue weighted by Crippen LogP contribution is 2.36. The number of hydrogen-bond donors (Lipinski definition) is 0. The highest BCUT2D eigenvalue weighted by atomic mass is 16.3. The fourth-order valence-corrected chi connectivity index (χ4v) is 8.99. The molecule has 0 radical (unpaired) electrons. The van der Waals surface area contributed by atoms with Crippen LogP contribution in [0.3, 0.4) is 0 Å². The summed E-state index contributed by atoms with van der Waals surface area (Å²) >= 11 is 0. The summed E-state index contributed by atoms with van der Waals surface area (Å²) in [5.41, 5.74) is 21.1. The number of fused-ring (bicyclic) bond motifs is 6. The zero-order valence-electron chi connectivity index (χ0n) is 34.2. The molecule has 3 aromatic heterocycles. The predicted octanol–water partition coefficient (Wildman–Crippen LogP) is -2.40. The van der Waals surface area contributed by atoms with Crippen LogP contribution in [-0.4, -0.2) is 82.3 Å². The number of rotatable bonds is 5. The van der Waals surface area contributed by atoms with Crippen molar-refractivity contribution in [3.8, 4) is 51.0 Å². The van der Waals surface area contributed by atoms with E-state index in [1.54, 1.807) is 0 Å². The van der Waals surface area contributed by atoms with Gasteiger partial charge in [-0.2, -0.15) is 0 Å². The summed E-state index contributed by atoms with van der Waals surface area (Å²) in [7, 11) is 18.2. The van der Waals surface area contributed by atoms with Crippen molar-refractivity contribution in [3.05, 3.63) is 121 Å². The zero-order chi connectivity index (χ0) is 40.0. The van der Waals surface area contributed by atoms with Crippen molar-refractivity contribution in [1.29, 1.82) is 0 Å². The Balaban J connectivity index is 1.15. The summed E-state index contributed by atoms with van der Waals surface area (Å²) in [6, 6.07) is 41.9. The molecule has 0 saturated heterocycles. The van der Waals surface area contributed by atoms with Crippen LogP contribution in [0, 0.1) is 0 Å². The molecule has 0 saturated carbocycles. The van der Waals surface area contributed by atoms with Crippen molar-refractivity contribution in [1.82, 2.24) is 19.5 Å². The SMILES string of the molecule is Bc1c(B)c(B)c2c(c1B)c1c(B)c(B)c(B)c(B)c1n2-c1ccc2oc3cc(-c4nc(-c5ccccc5)nc(-c5cccc(-c6ccccc6)c5)n4)ccc3c2c1. The Hall–Kier alpha value is -6.33. The molecule has 0 unspecified atom stereocenters. The van der Waals surface area contributed by atoms with E-state index in [1.165, 1.54) is 65.5 Å². The second-order valence-electron chi connectivity index (χ2n) is 15.9. The van der Waals surface area contributed by atoms with Crippen LogP contribution in [0.15, 0.2) is 126 Å². The summed E-state index contributed by atoms with van der Waals surface area (Å²) in [5, 5.41) is 4.85. The van der Waals surface area contributed by atoms with Gasteiger partial charge in [-0.3, -0.25) is 0 Å². The maximum absolute atomic E-state index is 6.63. The first-order valence-corrected chi connectivity index (χ1v) is 20.0. The van der Waals surface area contributed by atoms with Gasteiger partial charge in [0.1, 0.15) is 73.9 Å². The molecule has 0 aliphatic carbocycles. The molecule has 58 heavy (non-hydrogen) atoms. The topological polar surface area (TPSA) is 56.7 Å². The highest BCUT2D eigenvalue weighted by Gasteiger charge is 2.24. The van der Waals surface area contributed by atoms with Crippen molar-refractivity contribution in [3.63, 3.8) is 0 Å². The maximum Gasteiger partial charge on any atom is 0.164 e. The zero-order valence-corrected chi connectivity index (χ0v) is 34.2. The summed E-state index contributed by atoms with van der Waals surface area (Å²) in [5.74, 6) is 1.84. The highest BCUT2D eigenvalue weighted by molar-refractivity contribution is 6.71. The third-order valence-electron chi connectivity index (χ3n) is 12.9. The molecule has 0 atom stereocenters. The third kappa shape index (κ3) is 5.54. The fraction of sp³-hybridized carbons (Fsp3) is 0. The van der Waals surface area contributed by atoms with Crippen LogP contribution >= 0.6 is 0 Å². The molecule has 7 aromatic carbocycles. The van der Waals surface area contributed by atoms with Crippen LogP contribution in [0.4, 0.5) is 0 Å². The molecule has 5 nitrogen and oxygen atoms in total. The van der Waals surface area contributed by atoms with Crippen molar-refractivity contribution < 1.29 is 4.42 Å². The summed E-state index contributed by atoms with van der Waals surface area (Å²) in [6.45, 7) is 0. The van der Waals surface area contributed by atoms with E-state index < -0.39 is 0 Å². The lowest BCUT2D eigenvalue weighted by Gasteiger charge is -2.17. The lowest BCUT2D eigenvalue weighted by atomic mass is 9.63. The largest absolute Gasteiger partial charge is 0.456 e. The molecule has 0 N–H and O–H groups in total. The molecule has 10 rings (SSSR count). The van der Waals surface area contributed by atoms with Gasteiger partial charge in [-0.15, -0.1) is 10.9 Å². The predicted molar refractivity (Wildman–Crippen MR) is 269 cm³/mol. The average Bonchev–Trinajstić information content (AvgIpc) is 3.83. The average molecular weight is 735 g/mol. The quantitative estimate of drug-likeness (QED) is 0.186. The van der Waals surface area contributed by atoms with Crippen LogP contribution < -0.4 is 43.7 Å². The first-order valence-electron chi connectivity index (χ1n) is 20.0. The minimum absolute atomic E-state index is 0.593. The normalized spacial score (nSPS) is 11.7. The Kier molecular flexibility index (Phi) is 8.49. The summed E-state index contributed by atoms with van der Waals surface area (Å²) < 4.78 is 9.15. The van der Waals surface area contributed by atoms with Gasteiger partial charge in [-0.05, 0) is 58.3 Å². The van der Waals surface area contributed by atoms with Crippen LogP contribution in [0.1, 0.15) is 0 Å². The number of aromatic nitrogens is 4. The molecule has 0 aliphatic heterocycles. The number of benzene rings is 7. The van der Waals surface area contributed by atoms with Gasteiger partial charge in [0.2, 0.25) is 0 Å². The minimum atomic E-state index is 0.593. The minimum Gasteiger partial charge on any atom is -0.456 e. The first kappa shape index (κ1) is 36.0. The van der Waals surface area contributed by atoms with E-state index in [4.69, 9.17) is 19.4 Å². The molecule has 13 heteroatoms. The maximum atomic E-state index is 6.63. The van der Waals surface area contributed by atoms with Crippen LogP contribution in [0.5, 0.6) is 0 Å². The van der Waals surface area contributed by atoms with E-state index in [-0.39, 0.29) is 0 Å². The summed E-state index contributed by atoms with van der Waals surface area (Å²) in [4.78, 5) is 15.1. The van der Waals surface area contributed by atoms with E-state index in [9.17, 15) is 0 Å². The van der Waals surface area contributed by atoms with Gasteiger partial charge in [-0.1, -0.05) is 118 Å².